The molecule has 0 bridgehead atoms. The number of hydrogen-bond acceptors (Lipinski definition) is 4. The zero-order chi connectivity index (χ0) is 16.7. The Hall–Kier alpha value is -1.30. The monoisotopic (exact) mass is 346 g/mol. The summed E-state index contributed by atoms with van der Waals surface area (Å²) in [6, 6.07) is 9.93. The zero-order valence-corrected chi connectivity index (χ0v) is 14.9. The summed E-state index contributed by atoms with van der Waals surface area (Å²) in [5, 5.41) is 3.14. The van der Waals surface area contributed by atoms with Gasteiger partial charge in [0, 0.05) is 31.2 Å². The van der Waals surface area contributed by atoms with E-state index in [1.165, 1.54) is 11.5 Å². The lowest BCUT2D eigenvalue weighted by Crippen LogP contribution is -2.60. The van der Waals surface area contributed by atoms with Crippen LogP contribution in [0.1, 0.15) is 18.4 Å². The van der Waals surface area contributed by atoms with Crippen LogP contribution in [-0.2, 0) is 9.53 Å². The molecule has 2 aliphatic rings. The third kappa shape index (κ3) is 4.62. The molecule has 130 valence electrons. The van der Waals surface area contributed by atoms with Gasteiger partial charge in [-0.15, -0.1) is 0 Å². The molecular formula is C19H26N2O2S. The molecule has 2 saturated heterocycles. The van der Waals surface area contributed by atoms with Crippen molar-refractivity contribution in [3.8, 4) is 0 Å². The van der Waals surface area contributed by atoms with Gasteiger partial charge >= 0.3 is 0 Å². The minimum atomic E-state index is -0.00952. The van der Waals surface area contributed by atoms with Gasteiger partial charge < -0.3 is 10.1 Å². The second-order valence-corrected chi connectivity index (χ2v) is 7.62. The molecular weight excluding hydrogens is 320 g/mol. The number of nitrogens with one attached hydrogen (secondary N) is 1. The molecule has 5 heteroatoms. The lowest BCUT2D eigenvalue weighted by molar-refractivity contribution is -0.117. The molecule has 2 aliphatic heterocycles. The highest BCUT2D eigenvalue weighted by molar-refractivity contribution is 7.99. The molecule has 2 heterocycles. The van der Waals surface area contributed by atoms with Crippen LogP contribution in [0.2, 0.25) is 0 Å². The standard InChI is InChI=1S/C19H26N2O2S/c22-18(7-6-17-4-2-1-3-5-17)20-16-19(8-14-24-15-9-19)21-10-12-23-13-11-21/h1-7H,8-16H2,(H,20,22)/b7-6+. The van der Waals surface area contributed by atoms with Gasteiger partial charge in [-0.3, -0.25) is 9.69 Å². The number of nitrogens with zero attached hydrogens (tertiary/aromatic N) is 1. The maximum absolute atomic E-state index is 12.2. The molecule has 0 unspecified atom stereocenters. The first-order valence-electron chi connectivity index (χ1n) is 8.70. The number of morpholine rings is 1. The summed E-state index contributed by atoms with van der Waals surface area (Å²) >= 11 is 2.02. The van der Waals surface area contributed by atoms with Crippen molar-refractivity contribution < 1.29 is 9.53 Å². The van der Waals surface area contributed by atoms with Crippen LogP contribution in [-0.4, -0.2) is 60.7 Å². The van der Waals surface area contributed by atoms with E-state index in [0.29, 0.717) is 0 Å². The van der Waals surface area contributed by atoms with Crippen LogP contribution in [0.3, 0.4) is 0 Å². The van der Waals surface area contributed by atoms with E-state index in [4.69, 9.17) is 4.74 Å². The number of thioether (sulfide) groups is 1. The summed E-state index contributed by atoms with van der Waals surface area (Å²) in [6.07, 6.45) is 5.79. The van der Waals surface area contributed by atoms with Gasteiger partial charge in [0.15, 0.2) is 0 Å². The lowest BCUT2D eigenvalue weighted by atomic mass is 9.89. The summed E-state index contributed by atoms with van der Waals surface area (Å²) < 4.78 is 5.50. The van der Waals surface area contributed by atoms with Crippen LogP contribution >= 0.6 is 11.8 Å². The number of ether oxygens (including phenoxy) is 1. The number of rotatable bonds is 5. The van der Waals surface area contributed by atoms with Crippen LogP contribution < -0.4 is 5.32 Å². The largest absolute Gasteiger partial charge is 0.379 e. The number of amides is 1. The van der Waals surface area contributed by atoms with Crippen molar-refractivity contribution in [2.24, 2.45) is 0 Å². The Morgan fingerprint density at radius 3 is 2.62 bits per heavy atom. The summed E-state index contributed by atoms with van der Waals surface area (Å²) in [6.45, 7) is 4.28. The van der Waals surface area contributed by atoms with Crippen molar-refractivity contribution in [1.29, 1.82) is 0 Å². The van der Waals surface area contributed by atoms with E-state index in [9.17, 15) is 4.79 Å². The maximum atomic E-state index is 12.2. The van der Waals surface area contributed by atoms with Gasteiger partial charge in [-0.2, -0.15) is 11.8 Å². The fourth-order valence-electron chi connectivity index (χ4n) is 3.44. The van der Waals surface area contributed by atoms with Crippen LogP contribution in [0.15, 0.2) is 36.4 Å². The van der Waals surface area contributed by atoms with Gasteiger partial charge in [0.25, 0.3) is 0 Å². The summed E-state index contributed by atoms with van der Waals surface area (Å²) in [5.41, 5.74) is 1.15. The second kappa shape index (κ2) is 8.70. The molecule has 1 N–H and O–H groups in total. The summed E-state index contributed by atoms with van der Waals surface area (Å²) in [5.74, 6) is 2.34. The summed E-state index contributed by atoms with van der Waals surface area (Å²) in [4.78, 5) is 14.8. The van der Waals surface area contributed by atoms with E-state index < -0.39 is 0 Å². The average Bonchev–Trinajstić information content (AvgIpc) is 2.67. The highest BCUT2D eigenvalue weighted by Gasteiger charge is 2.38. The number of benzene rings is 1. The van der Waals surface area contributed by atoms with Crippen LogP contribution in [0.5, 0.6) is 0 Å². The molecule has 0 atom stereocenters. The minimum absolute atomic E-state index is 0.00952. The third-order valence-electron chi connectivity index (χ3n) is 4.92. The molecule has 4 nitrogen and oxygen atoms in total. The Kier molecular flexibility index (Phi) is 6.35. The van der Waals surface area contributed by atoms with E-state index in [1.54, 1.807) is 6.08 Å². The normalized spacial score (nSPS) is 21.7. The van der Waals surface area contributed by atoms with E-state index in [0.717, 1.165) is 51.3 Å². The van der Waals surface area contributed by atoms with Crippen molar-refractivity contribution in [3.05, 3.63) is 42.0 Å². The Labute approximate surface area is 148 Å². The van der Waals surface area contributed by atoms with Gasteiger partial charge in [0.2, 0.25) is 5.91 Å². The van der Waals surface area contributed by atoms with Gasteiger partial charge in [0.1, 0.15) is 0 Å². The predicted octanol–water partition coefficient (Wildman–Crippen LogP) is 2.41. The molecule has 1 aromatic carbocycles. The maximum Gasteiger partial charge on any atom is 0.244 e. The third-order valence-corrected chi connectivity index (χ3v) is 5.91. The van der Waals surface area contributed by atoms with Crippen molar-refractivity contribution in [1.82, 2.24) is 10.2 Å². The SMILES string of the molecule is O=C(/C=C/c1ccccc1)NCC1(N2CCOCC2)CCSCC1. The van der Waals surface area contributed by atoms with E-state index in [1.807, 2.05) is 48.2 Å². The highest BCUT2D eigenvalue weighted by Crippen LogP contribution is 2.32. The zero-order valence-electron chi connectivity index (χ0n) is 14.1. The Bertz CT molecular complexity index is 550. The highest BCUT2D eigenvalue weighted by atomic mass is 32.2. The van der Waals surface area contributed by atoms with Gasteiger partial charge in [0.05, 0.1) is 13.2 Å². The molecule has 24 heavy (non-hydrogen) atoms. The van der Waals surface area contributed by atoms with E-state index in [2.05, 4.69) is 10.2 Å². The van der Waals surface area contributed by atoms with Crippen molar-refractivity contribution in [3.63, 3.8) is 0 Å². The second-order valence-electron chi connectivity index (χ2n) is 6.40. The average molecular weight is 346 g/mol. The Balaban J connectivity index is 1.58. The molecule has 2 fully saturated rings. The lowest BCUT2D eigenvalue weighted by Gasteiger charge is -2.47. The Morgan fingerprint density at radius 1 is 1.21 bits per heavy atom. The topological polar surface area (TPSA) is 41.6 Å². The van der Waals surface area contributed by atoms with Crippen LogP contribution in [0.4, 0.5) is 0 Å². The first-order valence-corrected chi connectivity index (χ1v) is 9.86. The van der Waals surface area contributed by atoms with E-state index in [-0.39, 0.29) is 11.4 Å². The molecule has 1 amide bonds. The van der Waals surface area contributed by atoms with Crippen LogP contribution in [0.25, 0.3) is 6.08 Å². The predicted molar refractivity (Wildman–Crippen MR) is 100 cm³/mol. The smallest absolute Gasteiger partial charge is 0.244 e. The first-order chi connectivity index (χ1) is 11.8. The van der Waals surface area contributed by atoms with E-state index >= 15 is 0 Å². The molecule has 1 aromatic rings. The van der Waals surface area contributed by atoms with Crippen molar-refractivity contribution >= 4 is 23.7 Å². The molecule has 0 aromatic heterocycles. The summed E-state index contributed by atoms with van der Waals surface area (Å²) in [7, 11) is 0. The number of carbonyl (C=O) groups is 1. The van der Waals surface area contributed by atoms with Crippen LogP contribution in [0, 0.1) is 0 Å². The molecule has 0 saturated carbocycles. The fraction of sp³-hybridized carbons (Fsp3) is 0.526. The fourth-order valence-corrected chi connectivity index (χ4v) is 4.69. The first kappa shape index (κ1) is 17.5. The van der Waals surface area contributed by atoms with Crippen molar-refractivity contribution in [2.45, 2.75) is 18.4 Å². The number of carbonyl (C=O) groups excluding carboxylic acids is 1. The molecule has 0 aliphatic carbocycles. The van der Waals surface area contributed by atoms with Gasteiger partial charge in [-0.1, -0.05) is 30.3 Å². The molecule has 3 rings (SSSR count). The molecule has 0 radical (unpaired) electrons. The van der Waals surface area contributed by atoms with Gasteiger partial charge in [-0.25, -0.2) is 0 Å². The van der Waals surface area contributed by atoms with Crippen molar-refractivity contribution in [2.75, 3.05) is 44.4 Å². The van der Waals surface area contributed by atoms with Gasteiger partial charge in [-0.05, 0) is 36.0 Å². The molecule has 0 spiro atoms. The number of hydrogen-bond donors (Lipinski definition) is 1. The Morgan fingerprint density at radius 2 is 1.92 bits per heavy atom. The minimum Gasteiger partial charge on any atom is -0.379 e. The quantitative estimate of drug-likeness (QED) is 0.832.